The maximum absolute atomic E-state index is 2.39. The molecule has 0 aliphatic heterocycles. The van der Waals surface area contributed by atoms with Crippen LogP contribution in [0.3, 0.4) is 0 Å². The second-order valence-electron chi connectivity index (χ2n) is 4.81. The molecule has 2 rings (SSSR count). The Morgan fingerprint density at radius 2 is 1.25 bits per heavy atom. The lowest BCUT2D eigenvalue weighted by atomic mass is 10.1. The molecule has 0 unspecified atom stereocenters. The molecule has 20 heavy (non-hydrogen) atoms. The molecule has 0 aliphatic rings. The van der Waals surface area contributed by atoms with Gasteiger partial charge in [-0.1, -0.05) is 74.5 Å². The van der Waals surface area contributed by atoms with Crippen molar-refractivity contribution in [3.63, 3.8) is 0 Å². The van der Waals surface area contributed by atoms with Crippen LogP contribution in [0.4, 0.5) is 0 Å². The van der Waals surface area contributed by atoms with Crippen molar-refractivity contribution in [2.24, 2.45) is 0 Å². The molecule has 0 heterocycles. The fourth-order valence-corrected chi connectivity index (χ4v) is 2.17. The van der Waals surface area contributed by atoms with Crippen LogP contribution < -0.4 is 0 Å². The summed E-state index contributed by atoms with van der Waals surface area (Å²) >= 11 is 0. The maximum Gasteiger partial charge on any atom is 0.0230 e. The van der Waals surface area contributed by atoms with Crippen LogP contribution in [0, 0.1) is 0 Å². The highest BCUT2D eigenvalue weighted by molar-refractivity contribution is 5.15. The summed E-state index contributed by atoms with van der Waals surface area (Å²) in [6.07, 6.45) is 2.38. The average molecular weight is 269 g/mol. The van der Waals surface area contributed by atoms with Gasteiger partial charge in [-0.25, -0.2) is 0 Å². The number of hydrogen-bond donors (Lipinski definition) is 0. The Balaban J connectivity index is 0.000000956. The van der Waals surface area contributed by atoms with E-state index in [0.29, 0.717) is 0 Å². The van der Waals surface area contributed by atoms with E-state index in [0.717, 1.165) is 13.1 Å². The summed E-state index contributed by atoms with van der Waals surface area (Å²) in [6.45, 7) is 6.18. The zero-order chi connectivity index (χ0) is 14.6. The molecule has 2 aromatic rings. The smallest absolute Gasteiger partial charge is 0.0230 e. The Bertz CT molecular complexity index is 436. The van der Waals surface area contributed by atoms with Crippen molar-refractivity contribution in [1.82, 2.24) is 4.90 Å². The van der Waals surface area contributed by atoms with Gasteiger partial charge < -0.3 is 4.90 Å². The first-order valence-electron chi connectivity index (χ1n) is 7.61. The second-order valence-corrected chi connectivity index (χ2v) is 4.81. The molecule has 0 bridgehead atoms. The Morgan fingerprint density at radius 3 is 1.80 bits per heavy atom. The zero-order valence-corrected chi connectivity index (χ0v) is 13.0. The van der Waals surface area contributed by atoms with Crippen molar-refractivity contribution < 1.29 is 0 Å². The van der Waals surface area contributed by atoms with Crippen LogP contribution in [0.5, 0.6) is 0 Å². The summed E-state index contributed by atoms with van der Waals surface area (Å²) in [6, 6.07) is 21.4. The van der Waals surface area contributed by atoms with Gasteiger partial charge in [0, 0.05) is 6.54 Å². The Hall–Kier alpha value is -1.60. The standard InChI is InChI=1S/C17H21N.C2H6/c1-18(15-17-11-6-3-7-12-17)14-8-13-16-9-4-2-5-10-16;1-2/h2-7,9-12H,8,13-15H2,1H3;1-2H3. The van der Waals surface area contributed by atoms with Gasteiger partial charge in [-0.15, -0.1) is 0 Å². The topological polar surface area (TPSA) is 3.24 Å². The highest BCUT2D eigenvalue weighted by atomic mass is 15.1. The molecular formula is C19H27N. The third-order valence-corrected chi connectivity index (χ3v) is 3.14. The maximum atomic E-state index is 2.39. The first-order valence-corrected chi connectivity index (χ1v) is 7.61. The molecule has 0 atom stereocenters. The third-order valence-electron chi connectivity index (χ3n) is 3.14. The number of nitrogens with zero attached hydrogens (tertiary/aromatic N) is 1. The predicted molar refractivity (Wildman–Crippen MR) is 88.9 cm³/mol. The summed E-state index contributed by atoms with van der Waals surface area (Å²) < 4.78 is 0. The van der Waals surface area contributed by atoms with E-state index in [9.17, 15) is 0 Å². The van der Waals surface area contributed by atoms with Crippen molar-refractivity contribution in [2.45, 2.75) is 33.2 Å². The van der Waals surface area contributed by atoms with E-state index in [1.54, 1.807) is 0 Å². The molecule has 1 nitrogen and oxygen atoms in total. The Labute approximate surface area is 124 Å². The fraction of sp³-hybridized carbons (Fsp3) is 0.368. The monoisotopic (exact) mass is 269 g/mol. The zero-order valence-electron chi connectivity index (χ0n) is 13.0. The molecule has 0 saturated carbocycles. The number of rotatable bonds is 6. The summed E-state index contributed by atoms with van der Waals surface area (Å²) in [5, 5.41) is 0. The van der Waals surface area contributed by atoms with Crippen LogP contribution in [0.1, 0.15) is 31.4 Å². The highest BCUT2D eigenvalue weighted by Gasteiger charge is 2.00. The third kappa shape index (κ3) is 6.53. The predicted octanol–water partition coefficient (Wildman–Crippen LogP) is 4.78. The van der Waals surface area contributed by atoms with Crippen LogP contribution in [-0.4, -0.2) is 18.5 Å². The van der Waals surface area contributed by atoms with E-state index < -0.39 is 0 Å². The Kier molecular flexibility index (Phi) is 8.41. The van der Waals surface area contributed by atoms with Gasteiger partial charge in [0.2, 0.25) is 0 Å². The van der Waals surface area contributed by atoms with Gasteiger partial charge in [-0.2, -0.15) is 0 Å². The minimum atomic E-state index is 1.04. The van der Waals surface area contributed by atoms with Gasteiger partial charge in [0.25, 0.3) is 0 Å². The lowest BCUT2D eigenvalue weighted by molar-refractivity contribution is 0.322. The minimum Gasteiger partial charge on any atom is -0.302 e. The van der Waals surface area contributed by atoms with Gasteiger partial charge >= 0.3 is 0 Å². The van der Waals surface area contributed by atoms with Gasteiger partial charge in [0.15, 0.2) is 0 Å². The molecule has 0 spiro atoms. The number of hydrogen-bond acceptors (Lipinski definition) is 1. The average Bonchev–Trinajstić information content (AvgIpc) is 2.51. The lowest BCUT2D eigenvalue weighted by Gasteiger charge is -2.16. The summed E-state index contributed by atoms with van der Waals surface area (Å²) in [5.41, 5.74) is 2.82. The van der Waals surface area contributed by atoms with Crippen molar-refractivity contribution in [3.05, 3.63) is 71.8 Å². The molecular weight excluding hydrogens is 242 g/mol. The van der Waals surface area contributed by atoms with Crippen LogP contribution in [0.15, 0.2) is 60.7 Å². The number of aryl methyl sites for hydroxylation is 1. The van der Waals surface area contributed by atoms with E-state index in [1.165, 1.54) is 24.0 Å². The SMILES string of the molecule is CC.CN(CCCc1ccccc1)Cc1ccccc1. The highest BCUT2D eigenvalue weighted by Crippen LogP contribution is 2.06. The number of benzene rings is 2. The van der Waals surface area contributed by atoms with Crippen molar-refractivity contribution in [2.75, 3.05) is 13.6 Å². The molecule has 0 saturated heterocycles. The van der Waals surface area contributed by atoms with Gasteiger partial charge in [0.1, 0.15) is 0 Å². The Morgan fingerprint density at radius 1 is 0.750 bits per heavy atom. The van der Waals surface area contributed by atoms with Gasteiger partial charge in [-0.3, -0.25) is 0 Å². The lowest BCUT2D eigenvalue weighted by Crippen LogP contribution is -2.19. The molecule has 0 aliphatic carbocycles. The van der Waals surface area contributed by atoms with Crippen LogP contribution in [0.25, 0.3) is 0 Å². The molecule has 2 aromatic carbocycles. The van der Waals surface area contributed by atoms with E-state index in [4.69, 9.17) is 0 Å². The van der Waals surface area contributed by atoms with E-state index in [1.807, 2.05) is 13.8 Å². The molecule has 0 amide bonds. The van der Waals surface area contributed by atoms with Crippen molar-refractivity contribution in [3.8, 4) is 0 Å². The fourth-order valence-electron chi connectivity index (χ4n) is 2.17. The normalized spacial score (nSPS) is 10.0. The van der Waals surface area contributed by atoms with Crippen LogP contribution >= 0.6 is 0 Å². The molecule has 1 heteroatoms. The summed E-state index contributed by atoms with van der Waals surface area (Å²) in [4.78, 5) is 2.39. The first kappa shape index (κ1) is 16.5. The van der Waals surface area contributed by atoms with Crippen LogP contribution in [0.2, 0.25) is 0 Å². The quantitative estimate of drug-likeness (QED) is 0.729. The largest absolute Gasteiger partial charge is 0.302 e. The molecule has 0 N–H and O–H groups in total. The second kappa shape index (κ2) is 10.2. The van der Waals surface area contributed by atoms with E-state index in [-0.39, 0.29) is 0 Å². The molecule has 0 fully saturated rings. The molecule has 0 aromatic heterocycles. The van der Waals surface area contributed by atoms with Crippen LogP contribution in [-0.2, 0) is 13.0 Å². The van der Waals surface area contributed by atoms with E-state index >= 15 is 0 Å². The first-order chi connectivity index (χ1) is 9.84. The van der Waals surface area contributed by atoms with Crippen molar-refractivity contribution >= 4 is 0 Å². The molecule has 108 valence electrons. The van der Waals surface area contributed by atoms with Gasteiger partial charge in [-0.05, 0) is 37.6 Å². The van der Waals surface area contributed by atoms with Crippen molar-refractivity contribution in [1.29, 1.82) is 0 Å². The minimum absolute atomic E-state index is 1.04. The summed E-state index contributed by atoms with van der Waals surface area (Å²) in [5.74, 6) is 0. The van der Waals surface area contributed by atoms with Gasteiger partial charge in [0.05, 0.1) is 0 Å². The summed E-state index contributed by atoms with van der Waals surface area (Å²) in [7, 11) is 2.19. The molecule has 0 radical (unpaired) electrons. The van der Waals surface area contributed by atoms with E-state index in [2.05, 4.69) is 72.6 Å².